The summed E-state index contributed by atoms with van der Waals surface area (Å²) >= 11 is 0. The van der Waals surface area contributed by atoms with Crippen LogP contribution in [0.25, 0.3) is 0 Å². The predicted octanol–water partition coefficient (Wildman–Crippen LogP) is 1.17. The highest BCUT2D eigenvalue weighted by molar-refractivity contribution is 5.89. The van der Waals surface area contributed by atoms with Crippen LogP contribution in [0.15, 0.2) is 18.5 Å². The smallest absolute Gasteiger partial charge is 0.339 e. The third kappa shape index (κ3) is 3.91. The fourth-order valence-electron chi connectivity index (χ4n) is 0.829. The van der Waals surface area contributed by atoms with E-state index in [1.54, 1.807) is 12.3 Å². The van der Waals surface area contributed by atoms with Crippen molar-refractivity contribution in [1.82, 2.24) is 4.98 Å². The van der Waals surface area contributed by atoms with Gasteiger partial charge in [0, 0.05) is 18.9 Å². The minimum Gasteiger partial charge on any atom is -0.465 e. The van der Waals surface area contributed by atoms with Crippen LogP contribution in [0.2, 0.25) is 0 Å². The Morgan fingerprint density at radius 3 is 2.64 bits per heavy atom. The Morgan fingerprint density at radius 1 is 1.50 bits per heavy atom. The first-order chi connectivity index (χ1) is 5.77. The first kappa shape index (κ1) is 15.6. The number of nitrogens with two attached hydrogens (primary N) is 1. The first-order valence-electron chi connectivity index (χ1n) is 3.50. The molecule has 0 atom stereocenters. The second kappa shape index (κ2) is 7.55. The molecule has 0 aliphatic rings. The van der Waals surface area contributed by atoms with Gasteiger partial charge in [0.2, 0.25) is 0 Å². The van der Waals surface area contributed by atoms with Crippen LogP contribution in [-0.2, 0) is 11.3 Å². The topological polar surface area (TPSA) is 65.2 Å². The number of nitrogens with zero attached hydrogens (tertiary/aromatic N) is 1. The number of carbonyl (C=O) groups is 1. The fraction of sp³-hybridized carbons (Fsp3) is 0.250. The van der Waals surface area contributed by atoms with Crippen molar-refractivity contribution in [2.24, 2.45) is 5.73 Å². The molecule has 1 heterocycles. The van der Waals surface area contributed by atoms with Gasteiger partial charge in [-0.05, 0) is 11.6 Å². The molecule has 0 saturated heterocycles. The number of rotatable bonds is 2. The van der Waals surface area contributed by atoms with Crippen molar-refractivity contribution >= 4 is 30.8 Å². The minimum atomic E-state index is -0.391. The van der Waals surface area contributed by atoms with E-state index in [9.17, 15) is 4.79 Å². The zero-order valence-corrected chi connectivity index (χ0v) is 9.23. The van der Waals surface area contributed by atoms with E-state index in [-0.39, 0.29) is 24.8 Å². The average Bonchev–Trinajstić information content (AvgIpc) is 2.17. The maximum atomic E-state index is 11.0. The molecule has 1 aromatic heterocycles. The van der Waals surface area contributed by atoms with Crippen LogP contribution in [0, 0.1) is 0 Å². The highest BCUT2D eigenvalue weighted by Crippen LogP contribution is 2.02. The first-order valence-corrected chi connectivity index (χ1v) is 3.50. The fourth-order valence-corrected chi connectivity index (χ4v) is 0.829. The van der Waals surface area contributed by atoms with E-state index in [2.05, 4.69) is 9.72 Å². The molecule has 4 nitrogen and oxygen atoms in total. The Hall–Kier alpha value is -0.840. The minimum absolute atomic E-state index is 0. The monoisotopic (exact) mass is 238 g/mol. The highest BCUT2D eigenvalue weighted by Gasteiger charge is 2.04. The molecule has 2 N–H and O–H groups in total. The Labute approximate surface area is 94.7 Å². The highest BCUT2D eigenvalue weighted by atomic mass is 35.5. The lowest BCUT2D eigenvalue weighted by Gasteiger charge is -1.99. The number of hydrogen-bond acceptors (Lipinski definition) is 4. The van der Waals surface area contributed by atoms with Crippen molar-refractivity contribution in [3.05, 3.63) is 29.6 Å². The Bertz CT molecular complexity index is 294. The third-order valence-electron chi connectivity index (χ3n) is 1.45. The zero-order chi connectivity index (χ0) is 8.97. The van der Waals surface area contributed by atoms with Crippen molar-refractivity contribution in [1.29, 1.82) is 0 Å². The Balaban J connectivity index is 0. The molecule has 80 valence electrons. The summed E-state index contributed by atoms with van der Waals surface area (Å²) in [7, 11) is 1.33. The predicted molar refractivity (Wildman–Crippen MR) is 58.0 cm³/mol. The number of carbonyl (C=O) groups excluding carboxylic acids is 1. The summed E-state index contributed by atoms with van der Waals surface area (Å²) in [6, 6.07) is 1.67. The lowest BCUT2D eigenvalue weighted by Crippen LogP contribution is -2.04. The van der Waals surface area contributed by atoms with E-state index in [0.29, 0.717) is 12.1 Å². The molecule has 0 aliphatic heterocycles. The summed E-state index contributed by atoms with van der Waals surface area (Å²) in [6.45, 7) is 0.373. The second-order valence-electron chi connectivity index (χ2n) is 2.28. The SMILES string of the molecule is COC(=O)c1cncc(CN)c1.Cl.Cl. The van der Waals surface area contributed by atoms with Crippen LogP contribution in [0.3, 0.4) is 0 Å². The molecule has 0 aliphatic carbocycles. The van der Waals surface area contributed by atoms with Crippen molar-refractivity contribution in [3.8, 4) is 0 Å². The van der Waals surface area contributed by atoms with Crippen LogP contribution in [-0.4, -0.2) is 18.1 Å². The number of methoxy groups -OCH3 is 1. The van der Waals surface area contributed by atoms with E-state index in [1.165, 1.54) is 13.3 Å². The van der Waals surface area contributed by atoms with E-state index in [1.807, 2.05) is 0 Å². The summed E-state index contributed by atoms with van der Waals surface area (Å²) in [6.07, 6.45) is 3.07. The molecule has 1 rings (SSSR count). The quantitative estimate of drug-likeness (QED) is 0.786. The van der Waals surface area contributed by atoms with Crippen LogP contribution in [0.4, 0.5) is 0 Å². The number of hydrogen-bond donors (Lipinski definition) is 1. The summed E-state index contributed by atoms with van der Waals surface area (Å²) in [5.74, 6) is -0.391. The van der Waals surface area contributed by atoms with Crippen LogP contribution < -0.4 is 5.73 Å². The molecular formula is C8H12Cl2N2O2. The third-order valence-corrected chi connectivity index (χ3v) is 1.45. The molecule has 0 bridgehead atoms. The number of esters is 1. The van der Waals surface area contributed by atoms with E-state index in [0.717, 1.165) is 5.56 Å². The molecule has 0 unspecified atom stereocenters. The van der Waals surface area contributed by atoms with Gasteiger partial charge in [0.25, 0.3) is 0 Å². The lowest BCUT2D eigenvalue weighted by molar-refractivity contribution is 0.0600. The summed E-state index contributed by atoms with van der Waals surface area (Å²) in [5, 5.41) is 0. The van der Waals surface area contributed by atoms with Crippen molar-refractivity contribution in [2.45, 2.75) is 6.54 Å². The Morgan fingerprint density at radius 2 is 2.14 bits per heavy atom. The van der Waals surface area contributed by atoms with Gasteiger partial charge >= 0.3 is 5.97 Å². The number of halogens is 2. The Kier molecular flexibility index (Phi) is 8.43. The molecule has 0 spiro atoms. The maximum absolute atomic E-state index is 11.0. The molecule has 0 saturated carbocycles. The van der Waals surface area contributed by atoms with E-state index in [4.69, 9.17) is 5.73 Å². The standard InChI is InChI=1S/C8H10N2O2.2ClH/c1-12-8(11)7-2-6(3-9)4-10-5-7;;/h2,4-5H,3,9H2,1H3;2*1H. The van der Waals surface area contributed by atoms with Crippen LogP contribution >= 0.6 is 24.8 Å². The van der Waals surface area contributed by atoms with Gasteiger partial charge in [-0.1, -0.05) is 0 Å². The lowest BCUT2D eigenvalue weighted by atomic mass is 10.2. The largest absolute Gasteiger partial charge is 0.465 e. The second-order valence-corrected chi connectivity index (χ2v) is 2.28. The van der Waals surface area contributed by atoms with Crippen molar-refractivity contribution in [2.75, 3.05) is 7.11 Å². The molecule has 6 heteroatoms. The van der Waals surface area contributed by atoms with Gasteiger partial charge in [0.1, 0.15) is 0 Å². The average molecular weight is 239 g/mol. The number of ether oxygens (including phenoxy) is 1. The van der Waals surface area contributed by atoms with Gasteiger partial charge in [-0.2, -0.15) is 0 Å². The van der Waals surface area contributed by atoms with Gasteiger partial charge in [-0.15, -0.1) is 24.8 Å². The summed E-state index contributed by atoms with van der Waals surface area (Å²) in [5.41, 5.74) is 6.62. The molecule has 14 heavy (non-hydrogen) atoms. The normalized spacial score (nSPS) is 8.14. The van der Waals surface area contributed by atoms with Gasteiger partial charge in [-0.25, -0.2) is 4.79 Å². The van der Waals surface area contributed by atoms with Gasteiger partial charge in [-0.3, -0.25) is 4.98 Å². The summed E-state index contributed by atoms with van der Waals surface area (Å²) < 4.78 is 4.52. The molecule has 0 radical (unpaired) electrons. The van der Waals surface area contributed by atoms with E-state index >= 15 is 0 Å². The number of aromatic nitrogens is 1. The molecule has 0 aromatic carbocycles. The zero-order valence-electron chi connectivity index (χ0n) is 7.60. The molecule has 0 amide bonds. The van der Waals surface area contributed by atoms with Gasteiger partial charge in [0.15, 0.2) is 0 Å². The molecule has 0 fully saturated rings. The number of pyridine rings is 1. The van der Waals surface area contributed by atoms with Gasteiger partial charge < -0.3 is 10.5 Å². The summed E-state index contributed by atoms with van der Waals surface area (Å²) in [4.78, 5) is 14.8. The molecular weight excluding hydrogens is 227 g/mol. The van der Waals surface area contributed by atoms with Gasteiger partial charge in [0.05, 0.1) is 12.7 Å². The molecule has 1 aromatic rings. The van der Waals surface area contributed by atoms with Crippen LogP contribution in [0.1, 0.15) is 15.9 Å². The van der Waals surface area contributed by atoms with E-state index < -0.39 is 5.97 Å². The van der Waals surface area contributed by atoms with Crippen molar-refractivity contribution < 1.29 is 9.53 Å². The van der Waals surface area contributed by atoms with Crippen molar-refractivity contribution in [3.63, 3.8) is 0 Å². The maximum Gasteiger partial charge on any atom is 0.339 e. The van der Waals surface area contributed by atoms with Crippen LogP contribution in [0.5, 0.6) is 0 Å².